The highest BCUT2D eigenvalue weighted by Gasteiger charge is 2.14. The number of carbonyl (C=O) groups is 1. The number of nitrogens with one attached hydrogen (secondary N) is 1. The number of sulfonamides is 1. The predicted octanol–water partition coefficient (Wildman–Crippen LogP) is 1.80. The van der Waals surface area contributed by atoms with Crippen LogP contribution in [0.3, 0.4) is 0 Å². The molecule has 0 spiro atoms. The maximum atomic E-state index is 12.2. The summed E-state index contributed by atoms with van der Waals surface area (Å²) in [5.41, 5.74) is 7.27. The fourth-order valence-electron chi connectivity index (χ4n) is 2.03. The van der Waals surface area contributed by atoms with E-state index >= 15 is 0 Å². The minimum absolute atomic E-state index is 0.0838. The standard InChI is InChI=1S/C17H20N2O4S/c1-2-23-12-14-5-3-13(4-6-14)11-19-24(21,22)16-9-7-15(8-10-16)17(18)20/h3-10,19H,2,11-12H2,1H3,(H2,18,20). The van der Waals surface area contributed by atoms with Gasteiger partial charge in [0.25, 0.3) is 0 Å². The lowest BCUT2D eigenvalue weighted by atomic mass is 10.1. The molecule has 0 fully saturated rings. The Morgan fingerprint density at radius 3 is 2.17 bits per heavy atom. The second-order valence-electron chi connectivity index (χ2n) is 5.17. The van der Waals surface area contributed by atoms with E-state index in [0.717, 1.165) is 11.1 Å². The first-order valence-corrected chi connectivity index (χ1v) is 8.96. The summed E-state index contributed by atoms with van der Waals surface area (Å²) in [5.74, 6) is -0.598. The highest BCUT2D eigenvalue weighted by Crippen LogP contribution is 2.12. The van der Waals surface area contributed by atoms with Crippen molar-refractivity contribution in [1.82, 2.24) is 4.72 Å². The van der Waals surface area contributed by atoms with E-state index in [1.807, 2.05) is 31.2 Å². The maximum Gasteiger partial charge on any atom is 0.248 e. The number of primary amides is 1. The Balaban J connectivity index is 2.00. The third-order valence-electron chi connectivity index (χ3n) is 3.41. The van der Waals surface area contributed by atoms with E-state index in [2.05, 4.69) is 4.72 Å². The lowest BCUT2D eigenvalue weighted by Gasteiger charge is -2.08. The highest BCUT2D eigenvalue weighted by molar-refractivity contribution is 7.89. The molecule has 0 bridgehead atoms. The van der Waals surface area contributed by atoms with E-state index in [1.165, 1.54) is 24.3 Å². The van der Waals surface area contributed by atoms with Crippen molar-refractivity contribution in [3.63, 3.8) is 0 Å². The van der Waals surface area contributed by atoms with Crippen molar-refractivity contribution < 1.29 is 17.9 Å². The van der Waals surface area contributed by atoms with Crippen molar-refractivity contribution in [2.75, 3.05) is 6.61 Å². The van der Waals surface area contributed by atoms with Gasteiger partial charge in [0.15, 0.2) is 0 Å². The molecule has 2 aromatic carbocycles. The number of amides is 1. The van der Waals surface area contributed by atoms with Crippen LogP contribution in [0.2, 0.25) is 0 Å². The van der Waals surface area contributed by atoms with Crippen molar-refractivity contribution in [2.24, 2.45) is 5.73 Å². The molecule has 128 valence electrons. The average Bonchev–Trinajstić information content (AvgIpc) is 2.59. The maximum absolute atomic E-state index is 12.2. The second-order valence-corrected chi connectivity index (χ2v) is 6.93. The van der Waals surface area contributed by atoms with Gasteiger partial charge < -0.3 is 10.5 Å². The van der Waals surface area contributed by atoms with Gasteiger partial charge in [-0.1, -0.05) is 24.3 Å². The highest BCUT2D eigenvalue weighted by atomic mass is 32.2. The number of benzene rings is 2. The van der Waals surface area contributed by atoms with E-state index < -0.39 is 15.9 Å². The normalized spacial score (nSPS) is 11.4. The van der Waals surface area contributed by atoms with E-state index in [0.29, 0.717) is 13.2 Å². The average molecular weight is 348 g/mol. The summed E-state index contributed by atoms with van der Waals surface area (Å²) in [4.78, 5) is 11.1. The Bertz CT molecular complexity index is 784. The van der Waals surface area contributed by atoms with Gasteiger partial charge in [-0.25, -0.2) is 13.1 Å². The van der Waals surface area contributed by atoms with Gasteiger partial charge >= 0.3 is 0 Å². The van der Waals surface area contributed by atoms with Gasteiger partial charge in [-0.05, 0) is 42.3 Å². The molecule has 0 aliphatic carbocycles. The lowest BCUT2D eigenvalue weighted by Crippen LogP contribution is -2.23. The summed E-state index contributed by atoms with van der Waals surface area (Å²) < 4.78 is 32.3. The summed E-state index contributed by atoms with van der Waals surface area (Å²) in [5, 5.41) is 0. The molecule has 0 atom stereocenters. The lowest BCUT2D eigenvalue weighted by molar-refractivity contribution is 0.1000. The van der Waals surface area contributed by atoms with Crippen LogP contribution in [-0.2, 0) is 27.9 Å². The Labute approximate surface area is 141 Å². The number of hydrogen-bond donors (Lipinski definition) is 2. The Morgan fingerprint density at radius 1 is 1.04 bits per heavy atom. The zero-order valence-corrected chi connectivity index (χ0v) is 14.2. The van der Waals surface area contributed by atoms with Gasteiger partial charge in [0.2, 0.25) is 15.9 Å². The number of carbonyl (C=O) groups excluding carboxylic acids is 1. The number of nitrogens with two attached hydrogens (primary N) is 1. The van der Waals surface area contributed by atoms with Crippen LogP contribution in [0.5, 0.6) is 0 Å². The molecule has 0 saturated heterocycles. The summed E-state index contributed by atoms with van der Waals surface area (Å²) in [7, 11) is -3.65. The zero-order chi connectivity index (χ0) is 17.6. The smallest absolute Gasteiger partial charge is 0.248 e. The van der Waals surface area contributed by atoms with E-state index in [-0.39, 0.29) is 17.0 Å². The first kappa shape index (κ1) is 18.1. The van der Waals surface area contributed by atoms with Crippen molar-refractivity contribution in [3.05, 3.63) is 65.2 Å². The van der Waals surface area contributed by atoms with Gasteiger partial charge in [0.05, 0.1) is 11.5 Å². The molecule has 2 rings (SSSR count). The molecule has 1 amide bonds. The number of hydrogen-bond acceptors (Lipinski definition) is 4. The van der Waals surface area contributed by atoms with Crippen molar-refractivity contribution in [2.45, 2.75) is 25.0 Å². The quantitative estimate of drug-likeness (QED) is 0.760. The van der Waals surface area contributed by atoms with Crippen LogP contribution in [-0.4, -0.2) is 20.9 Å². The van der Waals surface area contributed by atoms with Crippen LogP contribution in [0.4, 0.5) is 0 Å². The molecule has 24 heavy (non-hydrogen) atoms. The Morgan fingerprint density at radius 2 is 1.62 bits per heavy atom. The van der Waals surface area contributed by atoms with Crippen molar-refractivity contribution in [3.8, 4) is 0 Å². The monoisotopic (exact) mass is 348 g/mol. The van der Waals surface area contributed by atoms with Gasteiger partial charge in [0.1, 0.15) is 0 Å². The molecule has 0 heterocycles. The van der Waals surface area contributed by atoms with Crippen molar-refractivity contribution in [1.29, 1.82) is 0 Å². The fraction of sp³-hybridized carbons (Fsp3) is 0.235. The van der Waals surface area contributed by atoms with Gasteiger partial charge in [0, 0.05) is 18.7 Å². The third-order valence-corrected chi connectivity index (χ3v) is 4.83. The predicted molar refractivity (Wildman–Crippen MR) is 90.8 cm³/mol. The van der Waals surface area contributed by atoms with Crippen LogP contribution in [0, 0.1) is 0 Å². The summed E-state index contributed by atoms with van der Waals surface area (Å²) in [6, 6.07) is 13.0. The van der Waals surface area contributed by atoms with E-state index in [1.54, 1.807) is 0 Å². The second kappa shape index (κ2) is 8.05. The molecule has 7 heteroatoms. The molecular formula is C17H20N2O4S. The van der Waals surface area contributed by atoms with Gasteiger partial charge in [-0.2, -0.15) is 0 Å². The van der Waals surface area contributed by atoms with E-state index in [4.69, 9.17) is 10.5 Å². The van der Waals surface area contributed by atoms with Crippen LogP contribution < -0.4 is 10.5 Å². The largest absolute Gasteiger partial charge is 0.377 e. The SMILES string of the molecule is CCOCc1ccc(CNS(=O)(=O)c2ccc(C(N)=O)cc2)cc1. The zero-order valence-electron chi connectivity index (χ0n) is 13.4. The molecular weight excluding hydrogens is 328 g/mol. The van der Waals surface area contributed by atoms with Crippen LogP contribution in [0.15, 0.2) is 53.4 Å². The summed E-state index contributed by atoms with van der Waals surface area (Å²) >= 11 is 0. The Kier molecular flexibility index (Phi) is 6.08. The minimum atomic E-state index is -3.65. The molecule has 0 saturated carbocycles. The number of rotatable bonds is 8. The van der Waals surface area contributed by atoms with Crippen LogP contribution in [0.25, 0.3) is 0 Å². The Hall–Kier alpha value is -2.22. The third kappa shape index (κ3) is 4.89. The molecule has 2 aromatic rings. The van der Waals surface area contributed by atoms with Crippen LogP contribution in [0.1, 0.15) is 28.4 Å². The number of ether oxygens (including phenoxy) is 1. The molecule has 0 aliphatic heterocycles. The molecule has 0 aromatic heterocycles. The van der Waals surface area contributed by atoms with E-state index in [9.17, 15) is 13.2 Å². The minimum Gasteiger partial charge on any atom is -0.377 e. The molecule has 0 radical (unpaired) electrons. The van der Waals surface area contributed by atoms with Gasteiger partial charge in [-0.3, -0.25) is 4.79 Å². The molecule has 0 aliphatic rings. The summed E-state index contributed by atoms with van der Waals surface area (Å²) in [6.07, 6.45) is 0. The molecule has 6 nitrogen and oxygen atoms in total. The first-order chi connectivity index (χ1) is 11.4. The first-order valence-electron chi connectivity index (χ1n) is 7.47. The van der Waals surface area contributed by atoms with Gasteiger partial charge in [-0.15, -0.1) is 0 Å². The van der Waals surface area contributed by atoms with Crippen molar-refractivity contribution >= 4 is 15.9 Å². The topological polar surface area (TPSA) is 98.5 Å². The van der Waals surface area contributed by atoms with Crippen LogP contribution >= 0.6 is 0 Å². The molecule has 0 unspecified atom stereocenters. The fourth-order valence-corrected chi connectivity index (χ4v) is 3.05. The summed E-state index contributed by atoms with van der Waals surface area (Å²) in [6.45, 7) is 3.29. The molecule has 3 N–H and O–H groups in total.